The lowest BCUT2D eigenvalue weighted by Gasteiger charge is -2.14. The molecule has 1 aliphatic rings. The lowest BCUT2D eigenvalue weighted by molar-refractivity contribution is -0.130. The summed E-state index contributed by atoms with van der Waals surface area (Å²) in [6.07, 6.45) is 28.4. The van der Waals surface area contributed by atoms with E-state index in [4.69, 9.17) is 0 Å². The number of hydrogen-bond donors (Lipinski definition) is 0. The van der Waals surface area contributed by atoms with Gasteiger partial charge in [-0.2, -0.15) is 0 Å². The van der Waals surface area contributed by atoms with Gasteiger partial charge in [-0.05, 0) is 25.2 Å². The summed E-state index contributed by atoms with van der Waals surface area (Å²) in [5, 5.41) is 0. The molecule has 1 saturated heterocycles. The predicted molar refractivity (Wildman–Crippen MR) is 128 cm³/mol. The molecule has 0 aromatic carbocycles. The molecule has 1 unspecified atom stereocenters. The quantitative estimate of drug-likeness (QED) is 0.185. The summed E-state index contributed by atoms with van der Waals surface area (Å²) in [6, 6.07) is 0. The van der Waals surface area contributed by atoms with E-state index in [9.17, 15) is 4.79 Å². The van der Waals surface area contributed by atoms with Gasteiger partial charge in [0.1, 0.15) is 0 Å². The summed E-state index contributed by atoms with van der Waals surface area (Å²) in [6.45, 7) is 6.72. The molecular formula is C27H53NO. The number of rotatable bonds is 20. The highest BCUT2D eigenvalue weighted by molar-refractivity contribution is 5.76. The molecular weight excluding hydrogens is 354 g/mol. The van der Waals surface area contributed by atoms with Gasteiger partial charge in [-0.25, -0.2) is 0 Å². The standard InChI is InChI=1S/C27H53NO/c1-3-26(2)22-18-16-14-12-10-8-6-4-5-7-9-11-13-15-17-19-23-27(29)28-24-20-21-25-28/h26H,3-25H2,1-2H3. The number of nitrogens with zero attached hydrogens (tertiary/aromatic N) is 1. The molecule has 172 valence electrons. The first-order valence-electron chi connectivity index (χ1n) is 13.5. The lowest BCUT2D eigenvalue weighted by atomic mass is 9.99. The zero-order chi connectivity index (χ0) is 21.0. The maximum absolute atomic E-state index is 12.0. The molecule has 2 heteroatoms. The van der Waals surface area contributed by atoms with E-state index < -0.39 is 0 Å². The lowest BCUT2D eigenvalue weighted by Crippen LogP contribution is -2.27. The molecule has 0 aromatic rings. The van der Waals surface area contributed by atoms with Crippen LogP contribution in [0.4, 0.5) is 0 Å². The van der Waals surface area contributed by atoms with Crippen LogP contribution in [0.2, 0.25) is 0 Å². The van der Waals surface area contributed by atoms with Crippen molar-refractivity contribution in [3.05, 3.63) is 0 Å². The van der Waals surface area contributed by atoms with Gasteiger partial charge in [0, 0.05) is 19.5 Å². The van der Waals surface area contributed by atoms with Crippen LogP contribution in [0.25, 0.3) is 0 Å². The maximum Gasteiger partial charge on any atom is 0.222 e. The van der Waals surface area contributed by atoms with Gasteiger partial charge in [0.15, 0.2) is 0 Å². The Kier molecular flexibility index (Phi) is 17.8. The number of likely N-dealkylation sites (tertiary alicyclic amines) is 1. The number of carbonyl (C=O) groups is 1. The first-order valence-corrected chi connectivity index (χ1v) is 13.5. The molecule has 0 aromatic heterocycles. The van der Waals surface area contributed by atoms with E-state index in [1.54, 1.807) is 0 Å². The molecule has 29 heavy (non-hydrogen) atoms. The Hall–Kier alpha value is -0.530. The largest absolute Gasteiger partial charge is 0.343 e. The number of amides is 1. The number of unbranched alkanes of at least 4 members (excludes halogenated alkanes) is 15. The van der Waals surface area contributed by atoms with Crippen LogP contribution in [0.1, 0.15) is 149 Å². The highest BCUT2D eigenvalue weighted by Gasteiger charge is 2.16. The van der Waals surface area contributed by atoms with Crippen LogP contribution in [0.15, 0.2) is 0 Å². The second kappa shape index (κ2) is 19.4. The zero-order valence-corrected chi connectivity index (χ0v) is 20.2. The molecule has 1 fully saturated rings. The molecule has 0 saturated carbocycles. The predicted octanol–water partition coefficient (Wildman–Crippen LogP) is 8.68. The van der Waals surface area contributed by atoms with E-state index in [0.29, 0.717) is 5.91 Å². The van der Waals surface area contributed by atoms with Crippen molar-refractivity contribution >= 4 is 5.91 Å². The fraction of sp³-hybridized carbons (Fsp3) is 0.963. The molecule has 1 rings (SSSR count). The molecule has 0 bridgehead atoms. The van der Waals surface area contributed by atoms with E-state index in [1.165, 1.54) is 122 Å². The Morgan fingerprint density at radius 2 is 1.03 bits per heavy atom. The van der Waals surface area contributed by atoms with Gasteiger partial charge in [0.2, 0.25) is 5.91 Å². The molecule has 0 radical (unpaired) electrons. The molecule has 0 spiro atoms. The van der Waals surface area contributed by atoms with Crippen molar-refractivity contribution in [2.24, 2.45) is 5.92 Å². The van der Waals surface area contributed by atoms with Crippen LogP contribution in [-0.4, -0.2) is 23.9 Å². The second-order valence-corrected chi connectivity index (χ2v) is 9.80. The van der Waals surface area contributed by atoms with Crippen LogP contribution >= 0.6 is 0 Å². The van der Waals surface area contributed by atoms with Crippen molar-refractivity contribution in [3.63, 3.8) is 0 Å². The molecule has 1 heterocycles. The Bertz CT molecular complexity index is 362. The third-order valence-electron chi connectivity index (χ3n) is 6.99. The summed E-state index contributed by atoms with van der Waals surface area (Å²) >= 11 is 0. The summed E-state index contributed by atoms with van der Waals surface area (Å²) in [7, 11) is 0. The first kappa shape index (κ1) is 26.5. The van der Waals surface area contributed by atoms with Crippen molar-refractivity contribution in [3.8, 4) is 0 Å². The third-order valence-corrected chi connectivity index (χ3v) is 6.99. The van der Waals surface area contributed by atoms with Crippen LogP contribution in [0.5, 0.6) is 0 Å². The van der Waals surface area contributed by atoms with Gasteiger partial charge < -0.3 is 4.90 Å². The van der Waals surface area contributed by atoms with Crippen molar-refractivity contribution in [2.45, 2.75) is 149 Å². The van der Waals surface area contributed by atoms with Gasteiger partial charge in [-0.3, -0.25) is 4.79 Å². The Labute approximate surface area is 183 Å². The van der Waals surface area contributed by atoms with Crippen molar-refractivity contribution in [1.29, 1.82) is 0 Å². The van der Waals surface area contributed by atoms with Crippen molar-refractivity contribution in [1.82, 2.24) is 4.90 Å². The van der Waals surface area contributed by atoms with E-state index in [0.717, 1.165) is 31.8 Å². The summed E-state index contributed by atoms with van der Waals surface area (Å²) < 4.78 is 0. The molecule has 0 aliphatic carbocycles. The fourth-order valence-electron chi connectivity index (χ4n) is 4.57. The van der Waals surface area contributed by atoms with Crippen LogP contribution in [0, 0.1) is 5.92 Å². The Balaban J connectivity index is 1.68. The van der Waals surface area contributed by atoms with Crippen LogP contribution in [0.3, 0.4) is 0 Å². The Morgan fingerprint density at radius 3 is 1.45 bits per heavy atom. The van der Waals surface area contributed by atoms with Gasteiger partial charge in [-0.15, -0.1) is 0 Å². The molecule has 1 amide bonds. The highest BCUT2D eigenvalue weighted by Crippen LogP contribution is 2.16. The third kappa shape index (κ3) is 15.9. The molecule has 1 atom stereocenters. The highest BCUT2D eigenvalue weighted by atomic mass is 16.2. The van der Waals surface area contributed by atoms with Gasteiger partial charge in [0.25, 0.3) is 0 Å². The van der Waals surface area contributed by atoms with Gasteiger partial charge in [0.05, 0.1) is 0 Å². The van der Waals surface area contributed by atoms with Crippen LogP contribution < -0.4 is 0 Å². The van der Waals surface area contributed by atoms with Crippen molar-refractivity contribution in [2.75, 3.05) is 13.1 Å². The summed E-state index contributed by atoms with van der Waals surface area (Å²) in [5.74, 6) is 1.34. The SMILES string of the molecule is CCC(C)CCCCCCCCCCCCCCCCCCC(=O)N1CCCC1. The minimum absolute atomic E-state index is 0.407. The summed E-state index contributed by atoms with van der Waals surface area (Å²) in [5.41, 5.74) is 0. The van der Waals surface area contributed by atoms with Crippen LogP contribution in [-0.2, 0) is 4.79 Å². The second-order valence-electron chi connectivity index (χ2n) is 9.80. The minimum Gasteiger partial charge on any atom is -0.343 e. The molecule has 0 N–H and O–H groups in total. The Morgan fingerprint density at radius 1 is 0.655 bits per heavy atom. The normalized spacial score (nSPS) is 15.2. The number of carbonyl (C=O) groups excluding carboxylic acids is 1. The maximum atomic E-state index is 12.0. The topological polar surface area (TPSA) is 20.3 Å². The first-order chi connectivity index (χ1) is 14.2. The van der Waals surface area contributed by atoms with Gasteiger partial charge in [-0.1, -0.05) is 123 Å². The smallest absolute Gasteiger partial charge is 0.222 e. The molecule has 1 aliphatic heterocycles. The van der Waals surface area contributed by atoms with Gasteiger partial charge >= 0.3 is 0 Å². The van der Waals surface area contributed by atoms with E-state index in [-0.39, 0.29) is 0 Å². The van der Waals surface area contributed by atoms with Crippen molar-refractivity contribution < 1.29 is 4.79 Å². The minimum atomic E-state index is 0.407. The van der Waals surface area contributed by atoms with E-state index in [1.807, 2.05) is 0 Å². The fourth-order valence-corrected chi connectivity index (χ4v) is 4.57. The number of hydrogen-bond acceptors (Lipinski definition) is 1. The summed E-state index contributed by atoms with van der Waals surface area (Å²) in [4.78, 5) is 14.0. The van der Waals surface area contributed by atoms with E-state index in [2.05, 4.69) is 18.7 Å². The average Bonchev–Trinajstić information content (AvgIpc) is 3.27. The zero-order valence-electron chi connectivity index (χ0n) is 20.2. The monoisotopic (exact) mass is 407 g/mol. The average molecular weight is 408 g/mol. The molecule has 2 nitrogen and oxygen atoms in total. The van der Waals surface area contributed by atoms with E-state index >= 15 is 0 Å².